The third-order valence-corrected chi connectivity index (χ3v) is 5.38. The quantitative estimate of drug-likeness (QED) is 0.642. The molecule has 7 heteroatoms. The standard InChI is InChI=1S/C23H24O7/c1-23(2)19(24)9-15-17(29-12-26-3)10-18-20(22(15)30-23)21(25)16(11-28-18)13-5-7-14(27-4)8-6-13/h5-8,10-11,19,24H,9,12H2,1-4H3. The number of aliphatic hydroxyl groups is 1. The molecular formula is C23H24O7. The van der Waals surface area contributed by atoms with E-state index >= 15 is 0 Å². The van der Waals surface area contributed by atoms with Gasteiger partial charge in [0.25, 0.3) is 0 Å². The van der Waals surface area contributed by atoms with Gasteiger partial charge < -0.3 is 28.5 Å². The maximum absolute atomic E-state index is 13.5. The highest BCUT2D eigenvalue weighted by atomic mass is 16.7. The van der Waals surface area contributed by atoms with Gasteiger partial charge in [0.1, 0.15) is 40.1 Å². The molecule has 4 rings (SSSR count). The normalized spacial score (nSPS) is 17.3. The molecule has 2 heterocycles. The first kappa shape index (κ1) is 20.3. The van der Waals surface area contributed by atoms with Crippen LogP contribution < -0.4 is 19.6 Å². The molecule has 0 bridgehead atoms. The Morgan fingerprint density at radius 1 is 1.20 bits per heavy atom. The van der Waals surface area contributed by atoms with Crippen molar-refractivity contribution < 1.29 is 28.5 Å². The lowest BCUT2D eigenvalue weighted by molar-refractivity contribution is -0.0415. The minimum Gasteiger partial charge on any atom is -0.497 e. The highest BCUT2D eigenvalue weighted by Gasteiger charge is 2.39. The van der Waals surface area contributed by atoms with E-state index in [1.54, 1.807) is 51.3 Å². The van der Waals surface area contributed by atoms with Crippen molar-refractivity contribution in [1.29, 1.82) is 0 Å². The van der Waals surface area contributed by atoms with Gasteiger partial charge in [-0.2, -0.15) is 0 Å². The Balaban J connectivity index is 1.95. The van der Waals surface area contributed by atoms with Gasteiger partial charge in [-0.15, -0.1) is 0 Å². The summed E-state index contributed by atoms with van der Waals surface area (Å²) in [5, 5.41) is 10.9. The molecule has 1 aliphatic heterocycles. The number of aliphatic hydroxyl groups excluding tert-OH is 1. The van der Waals surface area contributed by atoms with Crippen LogP contribution in [0.4, 0.5) is 0 Å². The molecule has 0 saturated heterocycles. The molecule has 30 heavy (non-hydrogen) atoms. The molecule has 1 atom stereocenters. The predicted octanol–water partition coefficient (Wildman–Crippen LogP) is 3.53. The number of hydrogen-bond acceptors (Lipinski definition) is 7. The zero-order valence-corrected chi connectivity index (χ0v) is 17.4. The lowest BCUT2D eigenvalue weighted by Crippen LogP contribution is -2.46. The van der Waals surface area contributed by atoms with E-state index in [2.05, 4.69) is 0 Å². The van der Waals surface area contributed by atoms with Gasteiger partial charge in [0.05, 0.1) is 18.8 Å². The van der Waals surface area contributed by atoms with Gasteiger partial charge in [-0.3, -0.25) is 4.79 Å². The molecule has 1 N–H and O–H groups in total. The fourth-order valence-corrected chi connectivity index (χ4v) is 3.57. The molecule has 0 radical (unpaired) electrons. The first-order valence-electron chi connectivity index (χ1n) is 9.60. The van der Waals surface area contributed by atoms with E-state index < -0.39 is 11.7 Å². The zero-order chi connectivity index (χ0) is 21.5. The molecule has 1 unspecified atom stereocenters. The topological polar surface area (TPSA) is 87.4 Å². The molecule has 3 aromatic rings. The van der Waals surface area contributed by atoms with Crippen LogP contribution in [0.1, 0.15) is 19.4 Å². The van der Waals surface area contributed by atoms with Crippen LogP contribution in [0.25, 0.3) is 22.1 Å². The van der Waals surface area contributed by atoms with Crippen molar-refractivity contribution in [3.63, 3.8) is 0 Å². The minimum absolute atomic E-state index is 0.0194. The van der Waals surface area contributed by atoms with Crippen LogP contribution in [-0.2, 0) is 11.2 Å². The van der Waals surface area contributed by atoms with Crippen molar-refractivity contribution in [1.82, 2.24) is 0 Å². The number of benzene rings is 2. The Kier molecular flexibility index (Phi) is 5.17. The van der Waals surface area contributed by atoms with E-state index in [0.717, 1.165) is 0 Å². The van der Waals surface area contributed by atoms with E-state index in [0.29, 0.717) is 44.9 Å². The molecule has 0 fully saturated rings. The van der Waals surface area contributed by atoms with Crippen LogP contribution in [0.5, 0.6) is 17.2 Å². The second-order valence-corrected chi connectivity index (χ2v) is 7.74. The van der Waals surface area contributed by atoms with Crippen LogP contribution >= 0.6 is 0 Å². The largest absolute Gasteiger partial charge is 0.497 e. The molecule has 0 amide bonds. The number of ether oxygens (including phenoxy) is 4. The van der Waals surface area contributed by atoms with Gasteiger partial charge in [-0.1, -0.05) is 12.1 Å². The molecule has 2 aromatic carbocycles. The second kappa shape index (κ2) is 7.66. The molecule has 1 aromatic heterocycles. The van der Waals surface area contributed by atoms with Crippen LogP contribution in [-0.4, -0.2) is 37.8 Å². The summed E-state index contributed by atoms with van der Waals surface area (Å²) in [6, 6.07) is 8.81. The molecule has 0 spiro atoms. The fourth-order valence-electron chi connectivity index (χ4n) is 3.57. The fraction of sp³-hybridized carbons (Fsp3) is 0.348. The summed E-state index contributed by atoms with van der Waals surface area (Å²) < 4.78 is 27.8. The maximum Gasteiger partial charge on any atom is 0.204 e. The van der Waals surface area contributed by atoms with Gasteiger partial charge >= 0.3 is 0 Å². The number of rotatable bonds is 5. The highest BCUT2D eigenvalue weighted by Crippen LogP contribution is 2.43. The lowest BCUT2D eigenvalue weighted by atomic mass is 9.89. The van der Waals surface area contributed by atoms with Crippen molar-refractivity contribution in [2.24, 2.45) is 0 Å². The van der Waals surface area contributed by atoms with Crippen molar-refractivity contribution in [3.8, 4) is 28.4 Å². The van der Waals surface area contributed by atoms with Crippen LogP contribution in [0, 0.1) is 0 Å². The Morgan fingerprint density at radius 3 is 2.60 bits per heavy atom. The Labute approximate surface area is 173 Å². The molecule has 0 aliphatic carbocycles. The number of fused-ring (bicyclic) bond motifs is 3. The average Bonchev–Trinajstić information content (AvgIpc) is 2.73. The summed E-state index contributed by atoms with van der Waals surface area (Å²) in [6.07, 6.45) is 0.954. The van der Waals surface area contributed by atoms with Gasteiger partial charge in [0, 0.05) is 25.2 Å². The first-order valence-corrected chi connectivity index (χ1v) is 9.60. The van der Waals surface area contributed by atoms with E-state index in [9.17, 15) is 9.90 Å². The van der Waals surface area contributed by atoms with E-state index in [4.69, 9.17) is 23.4 Å². The van der Waals surface area contributed by atoms with Crippen molar-refractivity contribution in [2.75, 3.05) is 21.0 Å². The average molecular weight is 412 g/mol. The van der Waals surface area contributed by atoms with Gasteiger partial charge in [0.2, 0.25) is 5.43 Å². The van der Waals surface area contributed by atoms with Gasteiger partial charge in [-0.25, -0.2) is 0 Å². The van der Waals surface area contributed by atoms with Crippen molar-refractivity contribution in [2.45, 2.75) is 32.0 Å². The second-order valence-electron chi connectivity index (χ2n) is 7.74. The highest BCUT2D eigenvalue weighted by molar-refractivity contribution is 5.90. The molecule has 1 aliphatic rings. The lowest BCUT2D eigenvalue weighted by Gasteiger charge is -2.37. The molecular weight excluding hydrogens is 388 g/mol. The minimum atomic E-state index is -0.873. The number of hydrogen-bond donors (Lipinski definition) is 1. The van der Waals surface area contributed by atoms with Crippen LogP contribution in [0.3, 0.4) is 0 Å². The zero-order valence-electron chi connectivity index (χ0n) is 17.4. The smallest absolute Gasteiger partial charge is 0.204 e. The number of methoxy groups -OCH3 is 2. The van der Waals surface area contributed by atoms with Gasteiger partial charge in [0.15, 0.2) is 6.79 Å². The molecule has 0 saturated carbocycles. The van der Waals surface area contributed by atoms with Crippen LogP contribution in [0.15, 0.2) is 45.8 Å². The summed E-state index contributed by atoms with van der Waals surface area (Å²) in [5.41, 5.74) is 0.978. The molecule has 158 valence electrons. The third kappa shape index (κ3) is 3.40. The Hall–Kier alpha value is -3.03. The van der Waals surface area contributed by atoms with E-state index in [1.165, 1.54) is 13.4 Å². The summed E-state index contributed by atoms with van der Waals surface area (Å²) in [4.78, 5) is 13.5. The monoisotopic (exact) mass is 412 g/mol. The Bertz CT molecular complexity index is 1130. The van der Waals surface area contributed by atoms with Crippen LogP contribution in [0.2, 0.25) is 0 Å². The van der Waals surface area contributed by atoms with Crippen molar-refractivity contribution >= 4 is 11.0 Å². The summed E-state index contributed by atoms with van der Waals surface area (Å²) in [6.45, 7) is 3.58. The Morgan fingerprint density at radius 2 is 1.93 bits per heavy atom. The van der Waals surface area contributed by atoms with Crippen molar-refractivity contribution in [3.05, 3.63) is 52.4 Å². The molecule has 7 nitrogen and oxygen atoms in total. The maximum atomic E-state index is 13.5. The predicted molar refractivity (Wildman–Crippen MR) is 111 cm³/mol. The van der Waals surface area contributed by atoms with E-state index in [-0.39, 0.29) is 18.6 Å². The summed E-state index contributed by atoms with van der Waals surface area (Å²) in [7, 11) is 3.10. The summed E-state index contributed by atoms with van der Waals surface area (Å²) >= 11 is 0. The first-order chi connectivity index (χ1) is 14.4. The SMILES string of the molecule is COCOc1cc2occ(-c3ccc(OC)cc3)c(=O)c2c2c1CC(O)C(C)(C)O2. The summed E-state index contributed by atoms with van der Waals surface area (Å²) in [5.74, 6) is 1.52. The van der Waals surface area contributed by atoms with E-state index in [1.807, 2.05) is 0 Å². The third-order valence-electron chi connectivity index (χ3n) is 5.38. The van der Waals surface area contributed by atoms with Gasteiger partial charge in [-0.05, 0) is 31.5 Å².